The summed E-state index contributed by atoms with van der Waals surface area (Å²) >= 11 is 0. The van der Waals surface area contributed by atoms with E-state index in [0.717, 1.165) is 11.1 Å². The predicted octanol–water partition coefficient (Wildman–Crippen LogP) is 2.13. The van der Waals surface area contributed by atoms with Gasteiger partial charge in [-0.2, -0.15) is 0 Å². The number of fused-ring (bicyclic) bond motifs is 2. The van der Waals surface area contributed by atoms with Crippen LogP contribution < -0.4 is 10.1 Å². The zero-order chi connectivity index (χ0) is 16.4. The molecule has 0 fully saturated rings. The number of nitrogens with zero attached hydrogens (tertiary/aromatic N) is 1. The van der Waals surface area contributed by atoms with Crippen molar-refractivity contribution >= 4 is 11.8 Å². The maximum atomic E-state index is 12.7. The third-order valence-electron chi connectivity index (χ3n) is 3.85. The lowest BCUT2D eigenvalue weighted by Crippen LogP contribution is -2.39. The number of benzene rings is 2. The SMILES string of the molecule is CN(C)C(=O)CNC(=O)C1c2ccccc2Oc2ccccc21. The van der Waals surface area contributed by atoms with Gasteiger partial charge in [-0.3, -0.25) is 9.59 Å². The predicted molar refractivity (Wildman–Crippen MR) is 86.5 cm³/mol. The van der Waals surface area contributed by atoms with E-state index >= 15 is 0 Å². The van der Waals surface area contributed by atoms with Crippen LogP contribution in [0.1, 0.15) is 17.0 Å². The van der Waals surface area contributed by atoms with Crippen LogP contribution in [0, 0.1) is 0 Å². The van der Waals surface area contributed by atoms with E-state index in [1.54, 1.807) is 14.1 Å². The zero-order valence-electron chi connectivity index (χ0n) is 13.1. The number of rotatable bonds is 3. The summed E-state index contributed by atoms with van der Waals surface area (Å²) in [5, 5.41) is 2.73. The van der Waals surface area contributed by atoms with Gasteiger partial charge in [0.15, 0.2) is 0 Å². The van der Waals surface area contributed by atoms with Gasteiger partial charge in [-0.25, -0.2) is 0 Å². The number of ether oxygens (including phenoxy) is 1. The highest BCUT2D eigenvalue weighted by Gasteiger charge is 2.32. The lowest BCUT2D eigenvalue weighted by Gasteiger charge is -2.27. The summed E-state index contributed by atoms with van der Waals surface area (Å²) in [6.07, 6.45) is 0. The minimum atomic E-state index is -0.480. The van der Waals surface area contributed by atoms with E-state index < -0.39 is 5.92 Å². The average Bonchev–Trinajstić information content (AvgIpc) is 2.57. The third-order valence-corrected chi connectivity index (χ3v) is 3.85. The summed E-state index contributed by atoms with van der Waals surface area (Å²) in [6, 6.07) is 14.9. The van der Waals surface area contributed by atoms with Gasteiger partial charge in [0.2, 0.25) is 11.8 Å². The van der Waals surface area contributed by atoms with Crippen LogP contribution in [0.4, 0.5) is 0 Å². The molecule has 0 unspecified atom stereocenters. The van der Waals surface area contributed by atoms with Gasteiger partial charge >= 0.3 is 0 Å². The standard InChI is InChI=1S/C18H18N2O3/c1-20(2)16(21)11-19-18(22)17-12-7-3-5-9-14(12)23-15-10-6-4-8-13(15)17/h3-10,17H,11H2,1-2H3,(H,19,22). The molecular formula is C18H18N2O3. The monoisotopic (exact) mass is 310 g/mol. The molecule has 118 valence electrons. The second-order valence-corrected chi connectivity index (χ2v) is 5.62. The molecule has 0 spiro atoms. The van der Waals surface area contributed by atoms with Crippen molar-refractivity contribution in [1.82, 2.24) is 10.2 Å². The topological polar surface area (TPSA) is 58.6 Å². The minimum Gasteiger partial charge on any atom is -0.457 e. The van der Waals surface area contributed by atoms with Crippen molar-refractivity contribution in [1.29, 1.82) is 0 Å². The fourth-order valence-corrected chi connectivity index (χ4v) is 2.62. The fraction of sp³-hybridized carbons (Fsp3) is 0.222. The Kier molecular flexibility index (Phi) is 4.02. The normalized spacial score (nSPS) is 12.6. The van der Waals surface area contributed by atoms with E-state index in [1.165, 1.54) is 4.90 Å². The lowest BCUT2D eigenvalue weighted by molar-refractivity contribution is -0.131. The molecule has 2 aromatic rings. The van der Waals surface area contributed by atoms with Crippen molar-refractivity contribution in [2.75, 3.05) is 20.6 Å². The van der Waals surface area contributed by atoms with Gasteiger partial charge in [-0.1, -0.05) is 36.4 Å². The average molecular weight is 310 g/mol. The van der Waals surface area contributed by atoms with Gasteiger partial charge in [0.25, 0.3) is 0 Å². The van der Waals surface area contributed by atoms with Gasteiger partial charge in [0.05, 0.1) is 12.5 Å². The van der Waals surface area contributed by atoms with Gasteiger partial charge in [-0.15, -0.1) is 0 Å². The second-order valence-electron chi connectivity index (χ2n) is 5.62. The highest BCUT2D eigenvalue weighted by atomic mass is 16.5. The largest absolute Gasteiger partial charge is 0.457 e. The van der Waals surface area contributed by atoms with E-state index in [2.05, 4.69) is 5.32 Å². The van der Waals surface area contributed by atoms with Crippen molar-refractivity contribution < 1.29 is 14.3 Å². The fourth-order valence-electron chi connectivity index (χ4n) is 2.62. The Bertz CT molecular complexity index is 710. The molecule has 0 aliphatic carbocycles. The Morgan fingerprint density at radius 2 is 1.52 bits per heavy atom. The van der Waals surface area contributed by atoms with Crippen LogP contribution >= 0.6 is 0 Å². The summed E-state index contributed by atoms with van der Waals surface area (Å²) in [7, 11) is 3.32. The number of hydrogen-bond acceptors (Lipinski definition) is 3. The van der Waals surface area contributed by atoms with Crippen LogP contribution in [0.3, 0.4) is 0 Å². The Morgan fingerprint density at radius 1 is 1.00 bits per heavy atom. The summed E-state index contributed by atoms with van der Waals surface area (Å²) in [5.74, 6) is 0.511. The molecule has 1 heterocycles. The number of amides is 2. The first-order valence-electron chi connectivity index (χ1n) is 7.41. The van der Waals surface area contributed by atoms with E-state index in [4.69, 9.17) is 4.74 Å². The van der Waals surface area contributed by atoms with Gasteiger partial charge in [0, 0.05) is 25.2 Å². The Hall–Kier alpha value is -2.82. The minimum absolute atomic E-state index is 0.0203. The van der Waals surface area contributed by atoms with Crippen molar-refractivity contribution in [3.05, 3.63) is 59.7 Å². The smallest absolute Gasteiger partial charge is 0.241 e. The number of carbonyl (C=O) groups excluding carboxylic acids is 2. The maximum absolute atomic E-state index is 12.7. The Balaban J connectivity index is 1.92. The maximum Gasteiger partial charge on any atom is 0.241 e. The first-order valence-corrected chi connectivity index (χ1v) is 7.41. The first kappa shape index (κ1) is 15.1. The molecule has 1 N–H and O–H groups in total. The Labute approximate surface area is 134 Å². The van der Waals surface area contributed by atoms with Gasteiger partial charge in [-0.05, 0) is 12.1 Å². The molecule has 1 aliphatic rings. The van der Waals surface area contributed by atoms with Crippen LogP contribution in [0.2, 0.25) is 0 Å². The quantitative estimate of drug-likeness (QED) is 0.945. The molecule has 0 atom stereocenters. The van der Waals surface area contributed by atoms with Crippen molar-refractivity contribution in [3.8, 4) is 11.5 Å². The first-order chi connectivity index (χ1) is 11.1. The third kappa shape index (κ3) is 2.90. The number of likely N-dealkylation sites (N-methyl/N-ethyl adjacent to an activating group) is 1. The molecule has 3 rings (SSSR count). The van der Waals surface area contributed by atoms with E-state index in [1.807, 2.05) is 48.5 Å². The number of carbonyl (C=O) groups is 2. The zero-order valence-corrected chi connectivity index (χ0v) is 13.1. The van der Waals surface area contributed by atoms with E-state index in [0.29, 0.717) is 11.5 Å². The molecule has 0 saturated heterocycles. The van der Waals surface area contributed by atoms with Crippen LogP contribution in [0.25, 0.3) is 0 Å². The Morgan fingerprint density at radius 3 is 2.04 bits per heavy atom. The van der Waals surface area contributed by atoms with Crippen molar-refractivity contribution in [2.45, 2.75) is 5.92 Å². The van der Waals surface area contributed by atoms with Crippen LogP contribution in [-0.2, 0) is 9.59 Å². The van der Waals surface area contributed by atoms with Crippen molar-refractivity contribution in [2.24, 2.45) is 0 Å². The highest BCUT2D eigenvalue weighted by molar-refractivity contribution is 5.92. The summed E-state index contributed by atoms with van der Waals surface area (Å²) in [6.45, 7) is -0.0203. The molecule has 23 heavy (non-hydrogen) atoms. The van der Waals surface area contributed by atoms with Crippen LogP contribution in [0.15, 0.2) is 48.5 Å². The van der Waals surface area contributed by atoms with E-state index in [9.17, 15) is 9.59 Å². The summed E-state index contributed by atoms with van der Waals surface area (Å²) < 4.78 is 5.87. The van der Waals surface area contributed by atoms with Crippen molar-refractivity contribution in [3.63, 3.8) is 0 Å². The molecule has 5 heteroatoms. The van der Waals surface area contributed by atoms with E-state index in [-0.39, 0.29) is 18.4 Å². The van der Waals surface area contributed by atoms with Crippen LogP contribution in [-0.4, -0.2) is 37.4 Å². The highest BCUT2D eigenvalue weighted by Crippen LogP contribution is 2.43. The van der Waals surface area contributed by atoms with Gasteiger partial charge < -0.3 is 15.0 Å². The molecule has 0 radical (unpaired) electrons. The molecule has 0 saturated carbocycles. The molecule has 2 amide bonds. The molecular weight excluding hydrogens is 292 g/mol. The molecule has 5 nitrogen and oxygen atoms in total. The molecule has 0 aromatic heterocycles. The van der Waals surface area contributed by atoms with Crippen LogP contribution in [0.5, 0.6) is 11.5 Å². The molecule has 2 aromatic carbocycles. The summed E-state index contributed by atoms with van der Waals surface area (Å²) in [4.78, 5) is 25.9. The number of para-hydroxylation sites is 2. The molecule has 0 bridgehead atoms. The number of hydrogen-bond donors (Lipinski definition) is 1. The summed E-state index contributed by atoms with van der Waals surface area (Å²) in [5.41, 5.74) is 1.61. The second kappa shape index (κ2) is 6.12. The molecule has 1 aliphatic heterocycles. The lowest BCUT2D eigenvalue weighted by atomic mass is 9.87. The van der Waals surface area contributed by atoms with Gasteiger partial charge in [0.1, 0.15) is 11.5 Å². The number of nitrogens with one attached hydrogen (secondary N) is 1.